The Morgan fingerprint density at radius 1 is 1.42 bits per heavy atom. The zero-order valence-corrected chi connectivity index (χ0v) is 12.6. The molecule has 0 unspecified atom stereocenters. The topological polar surface area (TPSA) is 26.8 Å². The number of nitrogens with zero attached hydrogens (tertiary/aromatic N) is 3. The molecule has 0 aromatic carbocycles. The SMILES string of the molecule is C=CCN1CCC2(C1)CN(C(=O)CN(C)C(C)C)C2. The lowest BCUT2D eigenvalue weighted by Crippen LogP contribution is -2.61. The monoisotopic (exact) mass is 265 g/mol. The van der Waals surface area contributed by atoms with Crippen molar-refractivity contribution in [3.8, 4) is 0 Å². The number of carbonyl (C=O) groups excluding carboxylic acids is 1. The van der Waals surface area contributed by atoms with Gasteiger partial charge in [0, 0.05) is 37.6 Å². The number of hydrogen-bond donors (Lipinski definition) is 0. The van der Waals surface area contributed by atoms with Crippen LogP contribution < -0.4 is 0 Å². The molecule has 2 heterocycles. The first kappa shape index (κ1) is 14.5. The molecule has 0 aliphatic carbocycles. The lowest BCUT2D eigenvalue weighted by atomic mass is 9.79. The number of amides is 1. The smallest absolute Gasteiger partial charge is 0.236 e. The molecule has 0 atom stereocenters. The lowest BCUT2D eigenvalue weighted by molar-refractivity contribution is -0.144. The van der Waals surface area contributed by atoms with Crippen molar-refractivity contribution < 1.29 is 4.79 Å². The molecule has 0 aromatic heterocycles. The summed E-state index contributed by atoms with van der Waals surface area (Å²) in [6, 6.07) is 0.425. The molecule has 2 saturated heterocycles. The summed E-state index contributed by atoms with van der Waals surface area (Å²) in [5, 5.41) is 0. The minimum atomic E-state index is 0.281. The van der Waals surface area contributed by atoms with Gasteiger partial charge >= 0.3 is 0 Å². The van der Waals surface area contributed by atoms with E-state index in [0.29, 0.717) is 18.0 Å². The molecule has 4 heteroatoms. The predicted molar refractivity (Wildman–Crippen MR) is 78.0 cm³/mol. The van der Waals surface area contributed by atoms with Gasteiger partial charge in [0.15, 0.2) is 0 Å². The van der Waals surface area contributed by atoms with Crippen LogP contribution in [0.1, 0.15) is 20.3 Å². The molecule has 0 bridgehead atoms. The third-order valence-corrected chi connectivity index (χ3v) is 4.58. The Bertz CT molecular complexity index is 347. The van der Waals surface area contributed by atoms with E-state index in [0.717, 1.165) is 32.7 Å². The molecule has 19 heavy (non-hydrogen) atoms. The molecule has 2 fully saturated rings. The Morgan fingerprint density at radius 3 is 2.68 bits per heavy atom. The van der Waals surface area contributed by atoms with Crippen molar-refractivity contribution in [1.82, 2.24) is 14.7 Å². The molecule has 108 valence electrons. The third-order valence-electron chi connectivity index (χ3n) is 4.58. The summed E-state index contributed by atoms with van der Waals surface area (Å²) in [4.78, 5) is 18.7. The number of likely N-dealkylation sites (tertiary alicyclic amines) is 2. The van der Waals surface area contributed by atoms with E-state index in [1.165, 1.54) is 6.42 Å². The minimum absolute atomic E-state index is 0.281. The van der Waals surface area contributed by atoms with Crippen molar-refractivity contribution in [1.29, 1.82) is 0 Å². The molecule has 2 aliphatic heterocycles. The van der Waals surface area contributed by atoms with E-state index in [2.05, 4.69) is 30.2 Å². The molecule has 0 saturated carbocycles. The maximum Gasteiger partial charge on any atom is 0.236 e. The van der Waals surface area contributed by atoms with Gasteiger partial charge in [-0.25, -0.2) is 0 Å². The average Bonchev–Trinajstić information content (AvgIpc) is 2.71. The fraction of sp³-hybridized carbons (Fsp3) is 0.800. The van der Waals surface area contributed by atoms with Gasteiger partial charge in [0.25, 0.3) is 0 Å². The lowest BCUT2D eigenvalue weighted by Gasteiger charge is -2.48. The summed E-state index contributed by atoms with van der Waals surface area (Å²) in [6.45, 7) is 13.7. The van der Waals surface area contributed by atoms with Crippen molar-refractivity contribution in [2.75, 3.05) is 46.3 Å². The first-order valence-corrected chi connectivity index (χ1v) is 7.27. The van der Waals surface area contributed by atoms with Crippen molar-refractivity contribution in [3.05, 3.63) is 12.7 Å². The fourth-order valence-corrected chi connectivity index (χ4v) is 3.06. The summed E-state index contributed by atoms with van der Waals surface area (Å²) >= 11 is 0. The van der Waals surface area contributed by atoms with Crippen LogP contribution in [0.4, 0.5) is 0 Å². The summed E-state index contributed by atoms with van der Waals surface area (Å²) in [5.74, 6) is 0.281. The summed E-state index contributed by atoms with van der Waals surface area (Å²) < 4.78 is 0. The van der Waals surface area contributed by atoms with Crippen LogP contribution in [-0.4, -0.2) is 73.0 Å². The minimum Gasteiger partial charge on any atom is -0.340 e. The predicted octanol–water partition coefficient (Wildman–Crippen LogP) is 1.05. The van der Waals surface area contributed by atoms with E-state index in [1.54, 1.807) is 0 Å². The highest BCUT2D eigenvalue weighted by Gasteiger charge is 2.48. The maximum absolute atomic E-state index is 12.1. The van der Waals surface area contributed by atoms with Gasteiger partial charge in [0.05, 0.1) is 6.54 Å². The van der Waals surface area contributed by atoms with Crippen LogP contribution in [0.2, 0.25) is 0 Å². The van der Waals surface area contributed by atoms with Gasteiger partial charge in [-0.3, -0.25) is 14.6 Å². The molecule has 1 spiro atoms. The van der Waals surface area contributed by atoms with Gasteiger partial charge in [-0.05, 0) is 33.9 Å². The van der Waals surface area contributed by atoms with E-state index >= 15 is 0 Å². The van der Waals surface area contributed by atoms with Crippen molar-refractivity contribution in [3.63, 3.8) is 0 Å². The second-order valence-corrected chi connectivity index (χ2v) is 6.53. The van der Waals surface area contributed by atoms with E-state index in [9.17, 15) is 4.79 Å². The highest BCUT2D eigenvalue weighted by molar-refractivity contribution is 5.79. The highest BCUT2D eigenvalue weighted by Crippen LogP contribution is 2.39. The van der Waals surface area contributed by atoms with Crippen molar-refractivity contribution in [2.24, 2.45) is 5.41 Å². The summed E-state index contributed by atoms with van der Waals surface area (Å²) in [5.41, 5.74) is 0.384. The van der Waals surface area contributed by atoms with Crippen LogP contribution in [0.5, 0.6) is 0 Å². The van der Waals surface area contributed by atoms with Gasteiger partial charge in [0.1, 0.15) is 0 Å². The quantitative estimate of drug-likeness (QED) is 0.695. The molecule has 2 rings (SSSR count). The van der Waals surface area contributed by atoms with Crippen molar-refractivity contribution in [2.45, 2.75) is 26.3 Å². The molecule has 0 aromatic rings. The average molecular weight is 265 g/mol. The zero-order valence-electron chi connectivity index (χ0n) is 12.6. The molecular formula is C15H27N3O. The van der Waals surface area contributed by atoms with Gasteiger partial charge < -0.3 is 4.90 Å². The van der Waals surface area contributed by atoms with Gasteiger partial charge in [0.2, 0.25) is 5.91 Å². The molecule has 0 radical (unpaired) electrons. The first-order valence-electron chi connectivity index (χ1n) is 7.27. The molecule has 1 amide bonds. The largest absolute Gasteiger partial charge is 0.340 e. The summed E-state index contributed by atoms with van der Waals surface area (Å²) in [7, 11) is 2.01. The Morgan fingerprint density at radius 2 is 2.11 bits per heavy atom. The standard InChI is InChI=1S/C15H27N3O/c1-5-7-17-8-6-15(10-17)11-18(12-15)14(19)9-16(4)13(2)3/h5,13H,1,6-12H2,2-4H3. The zero-order chi connectivity index (χ0) is 14.0. The fourth-order valence-electron chi connectivity index (χ4n) is 3.06. The molecular weight excluding hydrogens is 238 g/mol. The Hall–Kier alpha value is -0.870. The third kappa shape index (κ3) is 3.18. The number of likely N-dealkylation sites (N-methyl/N-ethyl adjacent to an activating group) is 1. The van der Waals surface area contributed by atoms with E-state index < -0.39 is 0 Å². The Balaban J connectivity index is 1.77. The Labute approximate surface area is 117 Å². The van der Waals surface area contributed by atoms with Crippen LogP contribution in [0.25, 0.3) is 0 Å². The molecule has 2 aliphatic rings. The number of hydrogen-bond acceptors (Lipinski definition) is 3. The van der Waals surface area contributed by atoms with Crippen molar-refractivity contribution >= 4 is 5.91 Å². The van der Waals surface area contributed by atoms with E-state index in [4.69, 9.17) is 0 Å². The highest BCUT2D eigenvalue weighted by atomic mass is 16.2. The van der Waals surface area contributed by atoms with Crippen LogP contribution in [0.15, 0.2) is 12.7 Å². The number of carbonyl (C=O) groups is 1. The Kier molecular flexibility index (Phi) is 4.31. The summed E-state index contributed by atoms with van der Waals surface area (Å²) in [6.07, 6.45) is 3.20. The van der Waals surface area contributed by atoms with E-state index in [1.807, 2.05) is 18.0 Å². The number of rotatable bonds is 5. The maximum atomic E-state index is 12.1. The van der Waals surface area contributed by atoms with Crippen LogP contribution in [-0.2, 0) is 4.79 Å². The molecule has 4 nitrogen and oxygen atoms in total. The second kappa shape index (κ2) is 5.63. The van der Waals surface area contributed by atoms with E-state index in [-0.39, 0.29) is 5.91 Å². The first-order chi connectivity index (χ1) is 8.96. The van der Waals surface area contributed by atoms with Crippen LogP contribution in [0.3, 0.4) is 0 Å². The second-order valence-electron chi connectivity index (χ2n) is 6.53. The van der Waals surface area contributed by atoms with Crippen LogP contribution in [0, 0.1) is 5.41 Å². The normalized spacial score (nSPS) is 22.3. The molecule has 0 N–H and O–H groups in total. The van der Waals surface area contributed by atoms with Gasteiger partial charge in [-0.2, -0.15) is 0 Å². The van der Waals surface area contributed by atoms with Crippen LogP contribution >= 0.6 is 0 Å². The van der Waals surface area contributed by atoms with Gasteiger partial charge in [-0.15, -0.1) is 6.58 Å². The van der Waals surface area contributed by atoms with Gasteiger partial charge in [-0.1, -0.05) is 6.08 Å².